The number of nitrogen functional groups attached to an aromatic ring is 1. The van der Waals surface area contributed by atoms with Crippen LogP contribution >= 0.6 is 0 Å². The number of nitrogens with two attached hydrogens (primary N) is 1. The predicted octanol–water partition coefficient (Wildman–Crippen LogP) is 2.66. The number of ether oxygens (including phenoxy) is 1. The summed E-state index contributed by atoms with van der Waals surface area (Å²) in [7, 11) is 0. The number of hydrogen-bond acceptors (Lipinski definition) is 8. The van der Waals surface area contributed by atoms with E-state index in [9.17, 15) is 9.90 Å². The van der Waals surface area contributed by atoms with Crippen molar-refractivity contribution < 1.29 is 14.6 Å². The fraction of sp³-hybridized carbons (Fsp3) is 0.333. The number of hydrogen-bond donors (Lipinski definition) is 3. The average Bonchev–Trinajstić information content (AvgIpc) is 3.25. The van der Waals surface area contributed by atoms with Crippen molar-refractivity contribution in [1.82, 2.24) is 19.5 Å². The van der Waals surface area contributed by atoms with E-state index in [1.807, 2.05) is 10.6 Å². The minimum Gasteiger partial charge on any atom is -0.507 e. The van der Waals surface area contributed by atoms with Gasteiger partial charge in [-0.2, -0.15) is 9.97 Å². The number of nitrogens with zero attached hydrogens (tertiary/aromatic N) is 4. The number of phenols is 1. The summed E-state index contributed by atoms with van der Waals surface area (Å²) in [6.45, 7) is 0.235. The molecule has 0 aliphatic heterocycles. The molecule has 2 heterocycles. The highest BCUT2D eigenvalue weighted by atomic mass is 16.5. The number of esters is 1. The zero-order valence-corrected chi connectivity index (χ0v) is 16.2. The summed E-state index contributed by atoms with van der Waals surface area (Å²) >= 11 is 0. The second-order valence-electron chi connectivity index (χ2n) is 7.74. The minimum atomic E-state index is -0.533. The lowest BCUT2D eigenvalue weighted by atomic mass is 10.1. The van der Waals surface area contributed by atoms with Gasteiger partial charge in [0.1, 0.15) is 11.3 Å². The van der Waals surface area contributed by atoms with Crippen LogP contribution in [-0.2, 0) is 4.74 Å². The first-order valence-electron chi connectivity index (χ1n) is 9.98. The molecule has 4 N–H and O–H groups in total. The molecule has 0 bridgehead atoms. The first-order valence-corrected chi connectivity index (χ1v) is 9.98. The molecule has 154 valence electrons. The number of carbonyl (C=O) groups excluding carboxylic acids is 1. The van der Waals surface area contributed by atoms with E-state index in [1.165, 1.54) is 6.07 Å². The summed E-state index contributed by atoms with van der Waals surface area (Å²) in [5, 5.41) is 13.2. The van der Waals surface area contributed by atoms with Gasteiger partial charge in [-0.05, 0) is 31.4 Å². The molecule has 2 aliphatic rings. The first-order chi connectivity index (χ1) is 14.6. The van der Waals surface area contributed by atoms with E-state index < -0.39 is 5.97 Å². The molecule has 1 aromatic carbocycles. The van der Waals surface area contributed by atoms with Gasteiger partial charge in [0, 0.05) is 12.0 Å². The molecule has 30 heavy (non-hydrogen) atoms. The molecule has 1 fully saturated rings. The summed E-state index contributed by atoms with van der Waals surface area (Å²) in [5.41, 5.74) is 7.48. The summed E-state index contributed by atoms with van der Waals surface area (Å²) in [6.07, 6.45) is 8.84. The van der Waals surface area contributed by atoms with Gasteiger partial charge in [-0.15, -0.1) is 0 Å². The number of carbonyl (C=O) groups is 1. The lowest BCUT2D eigenvalue weighted by Crippen LogP contribution is -2.14. The SMILES string of the molecule is Nc1nc(NC2CC2)c2ncn([C@@H]3C=C[C@H](COC(=O)c4ccccc4O)C3)c2n1. The lowest BCUT2D eigenvalue weighted by molar-refractivity contribution is 0.0457. The molecule has 0 spiro atoms. The largest absolute Gasteiger partial charge is 0.507 e. The van der Waals surface area contributed by atoms with Gasteiger partial charge in [-0.3, -0.25) is 0 Å². The van der Waals surface area contributed by atoms with Gasteiger partial charge in [-0.1, -0.05) is 24.3 Å². The Bertz CT molecular complexity index is 1140. The maximum Gasteiger partial charge on any atom is 0.341 e. The van der Waals surface area contributed by atoms with Gasteiger partial charge in [0.2, 0.25) is 5.95 Å². The average molecular weight is 406 g/mol. The van der Waals surface area contributed by atoms with E-state index in [2.05, 4.69) is 26.3 Å². The van der Waals surface area contributed by atoms with Crippen molar-refractivity contribution in [3.05, 3.63) is 48.3 Å². The van der Waals surface area contributed by atoms with Crippen LogP contribution in [0.15, 0.2) is 42.7 Å². The Balaban J connectivity index is 1.27. The maximum atomic E-state index is 12.2. The third-order valence-electron chi connectivity index (χ3n) is 5.42. The number of aromatic nitrogens is 4. The number of aromatic hydroxyl groups is 1. The van der Waals surface area contributed by atoms with Gasteiger partial charge in [0.15, 0.2) is 17.0 Å². The molecule has 2 aliphatic carbocycles. The lowest BCUT2D eigenvalue weighted by Gasteiger charge is -2.15. The van der Waals surface area contributed by atoms with Crippen LogP contribution in [0.5, 0.6) is 5.75 Å². The molecule has 0 amide bonds. The second kappa shape index (κ2) is 7.33. The van der Waals surface area contributed by atoms with E-state index in [1.54, 1.807) is 24.5 Å². The second-order valence-corrected chi connectivity index (χ2v) is 7.74. The Hall–Kier alpha value is -3.62. The van der Waals surface area contributed by atoms with Crippen LogP contribution in [0.3, 0.4) is 0 Å². The number of phenolic OH excluding ortho intramolecular Hbond substituents is 1. The number of para-hydroxylation sites is 1. The van der Waals surface area contributed by atoms with Crippen LogP contribution in [0.25, 0.3) is 11.2 Å². The Morgan fingerprint density at radius 2 is 2.10 bits per heavy atom. The minimum absolute atomic E-state index is 0.0342. The van der Waals surface area contributed by atoms with Crippen molar-refractivity contribution in [2.45, 2.75) is 31.3 Å². The molecule has 9 nitrogen and oxygen atoms in total. The van der Waals surface area contributed by atoms with Crippen LogP contribution in [0.1, 0.15) is 35.7 Å². The van der Waals surface area contributed by atoms with Crippen LogP contribution in [0.2, 0.25) is 0 Å². The Kier molecular flexibility index (Phi) is 4.50. The summed E-state index contributed by atoms with van der Waals surface area (Å²) in [5.74, 6) is 0.330. The van der Waals surface area contributed by atoms with Crippen LogP contribution in [-0.4, -0.2) is 43.2 Å². The quantitative estimate of drug-likeness (QED) is 0.421. The van der Waals surface area contributed by atoms with Crippen molar-refractivity contribution in [1.29, 1.82) is 0 Å². The summed E-state index contributed by atoms with van der Waals surface area (Å²) < 4.78 is 7.38. The van der Waals surface area contributed by atoms with Crippen molar-refractivity contribution in [2.24, 2.45) is 5.92 Å². The van der Waals surface area contributed by atoms with E-state index >= 15 is 0 Å². The Morgan fingerprint density at radius 3 is 2.90 bits per heavy atom. The van der Waals surface area contributed by atoms with Crippen molar-refractivity contribution in [3.63, 3.8) is 0 Å². The number of allylic oxidation sites excluding steroid dienone is 1. The van der Waals surface area contributed by atoms with Crippen molar-refractivity contribution >= 4 is 28.9 Å². The highest BCUT2D eigenvalue weighted by Crippen LogP contribution is 2.33. The molecule has 3 aromatic rings. The molecule has 9 heteroatoms. The number of anilines is 2. The zero-order valence-electron chi connectivity index (χ0n) is 16.2. The van der Waals surface area contributed by atoms with Crippen LogP contribution < -0.4 is 11.1 Å². The number of benzene rings is 1. The first kappa shape index (κ1) is 18.4. The molecule has 0 radical (unpaired) electrons. The third-order valence-corrected chi connectivity index (χ3v) is 5.42. The highest BCUT2D eigenvalue weighted by Gasteiger charge is 2.27. The van der Waals surface area contributed by atoms with Gasteiger partial charge >= 0.3 is 5.97 Å². The van der Waals surface area contributed by atoms with E-state index in [0.717, 1.165) is 19.3 Å². The summed E-state index contributed by atoms with van der Waals surface area (Å²) in [6, 6.07) is 6.82. The topological polar surface area (TPSA) is 128 Å². The fourth-order valence-corrected chi connectivity index (χ4v) is 3.69. The Labute approximate surface area is 172 Å². The molecular weight excluding hydrogens is 384 g/mol. The number of imidazole rings is 1. The van der Waals surface area contributed by atoms with Gasteiger partial charge in [0.25, 0.3) is 0 Å². The zero-order chi connectivity index (χ0) is 20.7. The van der Waals surface area contributed by atoms with E-state index in [0.29, 0.717) is 23.0 Å². The highest BCUT2D eigenvalue weighted by molar-refractivity contribution is 5.92. The molecule has 2 atom stereocenters. The van der Waals surface area contributed by atoms with Crippen molar-refractivity contribution in [3.8, 4) is 5.75 Å². The standard InChI is InChI=1S/C21H22N6O3/c22-21-25-18(24-13-6-7-13)17-19(26-21)27(11-23-17)14-8-5-12(9-14)10-30-20(29)15-3-1-2-4-16(15)28/h1-5,8,11-14,28H,6-7,9-10H2,(H3,22,24,25,26)/t12-,14+/m0/s1. The molecule has 0 unspecified atom stereocenters. The maximum absolute atomic E-state index is 12.2. The van der Waals surface area contributed by atoms with Gasteiger partial charge in [0.05, 0.1) is 19.0 Å². The molecular formula is C21H22N6O3. The smallest absolute Gasteiger partial charge is 0.341 e. The molecule has 2 aromatic heterocycles. The number of nitrogens with one attached hydrogen (secondary N) is 1. The summed E-state index contributed by atoms with van der Waals surface area (Å²) in [4.78, 5) is 25.4. The van der Waals surface area contributed by atoms with E-state index in [-0.39, 0.29) is 35.8 Å². The van der Waals surface area contributed by atoms with Gasteiger partial charge in [-0.25, -0.2) is 9.78 Å². The molecule has 0 saturated heterocycles. The van der Waals surface area contributed by atoms with Crippen LogP contribution in [0.4, 0.5) is 11.8 Å². The Morgan fingerprint density at radius 1 is 1.27 bits per heavy atom. The predicted molar refractivity (Wildman–Crippen MR) is 111 cm³/mol. The fourth-order valence-electron chi connectivity index (χ4n) is 3.69. The normalized spacial score (nSPS) is 20.5. The van der Waals surface area contributed by atoms with Crippen LogP contribution in [0, 0.1) is 5.92 Å². The van der Waals surface area contributed by atoms with Crippen molar-refractivity contribution in [2.75, 3.05) is 17.7 Å². The molecule has 1 saturated carbocycles. The third kappa shape index (κ3) is 3.54. The van der Waals surface area contributed by atoms with E-state index in [4.69, 9.17) is 10.5 Å². The number of fused-ring (bicyclic) bond motifs is 1. The van der Waals surface area contributed by atoms with Gasteiger partial charge < -0.3 is 25.5 Å². The number of rotatable bonds is 6. The monoisotopic (exact) mass is 406 g/mol. The molecule has 5 rings (SSSR count).